The summed E-state index contributed by atoms with van der Waals surface area (Å²) in [6.45, 7) is 5.22. The minimum Gasteiger partial charge on any atom is -0.363 e. The third-order valence-corrected chi connectivity index (χ3v) is 3.81. The van der Waals surface area contributed by atoms with Crippen LogP contribution in [0, 0.1) is 6.92 Å². The Hall–Kier alpha value is -0.830. The third-order valence-electron chi connectivity index (χ3n) is 2.57. The lowest BCUT2D eigenvalue weighted by Gasteiger charge is -2.09. The summed E-state index contributed by atoms with van der Waals surface area (Å²) in [5, 5.41) is 10.0. The molecule has 0 saturated heterocycles. The van der Waals surface area contributed by atoms with E-state index in [2.05, 4.69) is 31.7 Å². The fraction of sp³-hybridized carbons (Fsp3) is 0.636. The van der Waals surface area contributed by atoms with Crippen LogP contribution in [-0.2, 0) is 12.7 Å². The second-order valence-electron chi connectivity index (χ2n) is 4.11. The Morgan fingerprint density at radius 1 is 1.40 bits per heavy atom. The molecule has 0 amide bonds. The van der Waals surface area contributed by atoms with Crippen molar-refractivity contribution in [2.75, 3.05) is 13.1 Å². The average Bonchev–Trinajstić information content (AvgIpc) is 2.62. The largest absolute Gasteiger partial charge is 0.436 e. The SMILES string of the molecule is CCNC(=S)NCCCn1nc(C(F)(F)F)c(Br)c1C. The molecule has 1 aromatic rings. The normalized spacial score (nSPS) is 11.5. The summed E-state index contributed by atoms with van der Waals surface area (Å²) in [6.07, 6.45) is -3.82. The zero-order valence-electron chi connectivity index (χ0n) is 11.1. The first-order chi connectivity index (χ1) is 9.27. The van der Waals surface area contributed by atoms with E-state index in [1.165, 1.54) is 4.68 Å². The number of aryl methyl sites for hydroxylation is 1. The molecule has 1 heterocycles. The highest BCUT2D eigenvalue weighted by Gasteiger charge is 2.37. The quantitative estimate of drug-likeness (QED) is 0.615. The molecule has 0 bridgehead atoms. The second-order valence-corrected chi connectivity index (χ2v) is 5.31. The van der Waals surface area contributed by atoms with E-state index in [9.17, 15) is 13.2 Å². The summed E-state index contributed by atoms with van der Waals surface area (Å²) in [5.41, 5.74) is -0.419. The lowest BCUT2D eigenvalue weighted by atomic mass is 10.3. The van der Waals surface area contributed by atoms with Crippen LogP contribution in [0.15, 0.2) is 4.47 Å². The maximum atomic E-state index is 12.7. The van der Waals surface area contributed by atoms with Crippen molar-refractivity contribution in [3.63, 3.8) is 0 Å². The van der Waals surface area contributed by atoms with Gasteiger partial charge in [0.1, 0.15) is 0 Å². The van der Waals surface area contributed by atoms with Crippen molar-refractivity contribution in [3.05, 3.63) is 15.9 Å². The predicted molar refractivity (Wildman–Crippen MR) is 78.6 cm³/mol. The van der Waals surface area contributed by atoms with Gasteiger partial charge in [-0.2, -0.15) is 18.3 Å². The van der Waals surface area contributed by atoms with Crippen LogP contribution in [0.1, 0.15) is 24.7 Å². The Labute approximate surface area is 129 Å². The first-order valence-electron chi connectivity index (χ1n) is 6.09. The molecule has 0 aliphatic heterocycles. The van der Waals surface area contributed by atoms with Crippen LogP contribution < -0.4 is 10.6 Å². The predicted octanol–water partition coefficient (Wildman–Crippen LogP) is 2.85. The van der Waals surface area contributed by atoms with Crippen LogP contribution in [0.25, 0.3) is 0 Å². The molecule has 0 aliphatic carbocycles. The highest BCUT2D eigenvalue weighted by Crippen LogP contribution is 2.35. The summed E-state index contributed by atoms with van der Waals surface area (Å²) in [7, 11) is 0. The van der Waals surface area contributed by atoms with Crippen molar-refractivity contribution in [2.24, 2.45) is 0 Å². The van der Waals surface area contributed by atoms with E-state index < -0.39 is 11.9 Å². The molecule has 0 aromatic carbocycles. The number of hydrogen-bond donors (Lipinski definition) is 2. The van der Waals surface area contributed by atoms with Crippen molar-refractivity contribution < 1.29 is 13.2 Å². The fourth-order valence-electron chi connectivity index (χ4n) is 1.58. The van der Waals surface area contributed by atoms with Crippen molar-refractivity contribution in [1.29, 1.82) is 0 Å². The van der Waals surface area contributed by atoms with E-state index in [1.807, 2.05) is 6.92 Å². The van der Waals surface area contributed by atoms with Gasteiger partial charge >= 0.3 is 6.18 Å². The Balaban J connectivity index is 2.55. The molecule has 0 saturated carbocycles. The topological polar surface area (TPSA) is 41.9 Å². The molecule has 2 N–H and O–H groups in total. The number of nitrogens with zero attached hydrogens (tertiary/aromatic N) is 2. The minimum atomic E-state index is -4.44. The van der Waals surface area contributed by atoms with Crippen LogP contribution in [0.4, 0.5) is 13.2 Å². The number of alkyl halides is 3. The fourth-order valence-corrected chi connectivity index (χ4v) is 2.33. The lowest BCUT2D eigenvalue weighted by molar-refractivity contribution is -0.142. The van der Waals surface area contributed by atoms with Crippen molar-refractivity contribution in [2.45, 2.75) is 33.0 Å². The van der Waals surface area contributed by atoms with Crippen LogP contribution >= 0.6 is 28.1 Å². The zero-order chi connectivity index (χ0) is 15.3. The molecular weight excluding hydrogens is 357 g/mol. The first-order valence-corrected chi connectivity index (χ1v) is 7.29. The van der Waals surface area contributed by atoms with E-state index in [4.69, 9.17) is 12.2 Å². The Kier molecular flexibility index (Phi) is 6.25. The molecule has 4 nitrogen and oxygen atoms in total. The molecule has 20 heavy (non-hydrogen) atoms. The average molecular weight is 373 g/mol. The summed E-state index contributed by atoms with van der Waals surface area (Å²) in [6, 6.07) is 0. The summed E-state index contributed by atoms with van der Waals surface area (Å²) >= 11 is 7.92. The van der Waals surface area contributed by atoms with Crippen LogP contribution in [-0.4, -0.2) is 28.0 Å². The molecule has 114 valence electrons. The molecule has 0 aliphatic rings. The number of thiocarbonyl (C=S) groups is 1. The second kappa shape index (κ2) is 7.26. The summed E-state index contributed by atoms with van der Waals surface area (Å²) in [5.74, 6) is 0. The van der Waals surface area contributed by atoms with Crippen LogP contribution in [0.5, 0.6) is 0 Å². The Bertz CT molecular complexity index is 473. The first kappa shape index (κ1) is 17.2. The van der Waals surface area contributed by atoms with E-state index in [0.717, 1.165) is 6.54 Å². The number of hydrogen-bond acceptors (Lipinski definition) is 2. The van der Waals surface area contributed by atoms with Gasteiger partial charge in [0.25, 0.3) is 0 Å². The van der Waals surface area contributed by atoms with Gasteiger partial charge in [0.05, 0.1) is 10.2 Å². The van der Waals surface area contributed by atoms with Gasteiger partial charge < -0.3 is 10.6 Å². The number of halogens is 4. The van der Waals surface area contributed by atoms with Crippen molar-refractivity contribution in [1.82, 2.24) is 20.4 Å². The lowest BCUT2D eigenvalue weighted by Crippen LogP contribution is -2.35. The molecule has 1 rings (SSSR count). The third kappa shape index (κ3) is 4.62. The van der Waals surface area contributed by atoms with E-state index in [0.29, 0.717) is 30.3 Å². The van der Waals surface area contributed by atoms with Gasteiger partial charge in [0.15, 0.2) is 10.8 Å². The molecule has 9 heteroatoms. The maximum Gasteiger partial charge on any atom is 0.436 e. The van der Waals surface area contributed by atoms with Crippen molar-refractivity contribution in [3.8, 4) is 0 Å². The summed E-state index contributed by atoms with van der Waals surface area (Å²) in [4.78, 5) is 0. The van der Waals surface area contributed by atoms with Gasteiger partial charge in [-0.1, -0.05) is 0 Å². The molecule has 0 spiro atoms. The molecular formula is C11H16BrF3N4S. The van der Waals surface area contributed by atoms with Gasteiger partial charge in [0, 0.05) is 19.6 Å². The number of nitrogens with one attached hydrogen (secondary N) is 2. The van der Waals surface area contributed by atoms with Crippen LogP contribution in [0.2, 0.25) is 0 Å². The highest BCUT2D eigenvalue weighted by atomic mass is 79.9. The molecule has 1 aromatic heterocycles. The maximum absolute atomic E-state index is 12.7. The summed E-state index contributed by atoms with van der Waals surface area (Å²) < 4.78 is 39.4. The number of rotatable bonds is 5. The Morgan fingerprint density at radius 2 is 2.05 bits per heavy atom. The van der Waals surface area contributed by atoms with Crippen LogP contribution in [0.3, 0.4) is 0 Å². The minimum absolute atomic E-state index is 0.00105. The number of aromatic nitrogens is 2. The molecule has 0 unspecified atom stereocenters. The van der Waals surface area contributed by atoms with Gasteiger partial charge in [-0.3, -0.25) is 4.68 Å². The van der Waals surface area contributed by atoms with Gasteiger partial charge in [0.2, 0.25) is 0 Å². The Morgan fingerprint density at radius 3 is 2.55 bits per heavy atom. The molecule has 0 atom stereocenters. The monoisotopic (exact) mass is 372 g/mol. The van der Waals surface area contributed by atoms with E-state index in [1.54, 1.807) is 6.92 Å². The van der Waals surface area contributed by atoms with Gasteiger partial charge in [-0.05, 0) is 48.4 Å². The molecule has 0 fully saturated rings. The highest BCUT2D eigenvalue weighted by molar-refractivity contribution is 9.10. The van der Waals surface area contributed by atoms with Gasteiger partial charge in [-0.15, -0.1) is 0 Å². The standard InChI is InChI=1S/C11H16BrF3N4S/c1-3-16-10(20)17-5-4-6-19-7(2)8(12)9(18-19)11(13,14)15/h3-6H2,1-2H3,(H2,16,17,20). The van der Waals surface area contributed by atoms with Gasteiger partial charge in [-0.25, -0.2) is 0 Å². The molecule has 0 radical (unpaired) electrons. The van der Waals surface area contributed by atoms with Crippen molar-refractivity contribution >= 4 is 33.3 Å². The zero-order valence-corrected chi connectivity index (χ0v) is 13.5. The smallest absolute Gasteiger partial charge is 0.363 e. The van der Waals surface area contributed by atoms with E-state index >= 15 is 0 Å². The van der Waals surface area contributed by atoms with E-state index in [-0.39, 0.29) is 4.47 Å².